The Morgan fingerprint density at radius 3 is 2.74 bits per heavy atom. The highest BCUT2D eigenvalue weighted by molar-refractivity contribution is 5.75. The second-order valence-electron chi connectivity index (χ2n) is 7.68. The summed E-state index contributed by atoms with van der Waals surface area (Å²) in [7, 11) is 0. The van der Waals surface area contributed by atoms with E-state index in [4.69, 9.17) is 14.2 Å². The summed E-state index contributed by atoms with van der Waals surface area (Å²) in [5.74, 6) is -0.379. The van der Waals surface area contributed by atoms with Gasteiger partial charge >= 0.3 is 5.97 Å². The molecule has 0 saturated carbocycles. The van der Waals surface area contributed by atoms with Gasteiger partial charge in [-0.3, -0.25) is 9.36 Å². The molecule has 1 unspecified atom stereocenters. The molecular formula is C18H26N4O5. The van der Waals surface area contributed by atoms with Crippen molar-refractivity contribution in [1.29, 1.82) is 0 Å². The van der Waals surface area contributed by atoms with Gasteiger partial charge in [0.15, 0.2) is 18.7 Å². The van der Waals surface area contributed by atoms with Gasteiger partial charge in [0, 0.05) is 0 Å². The van der Waals surface area contributed by atoms with Gasteiger partial charge in [0.2, 0.25) is 0 Å². The van der Waals surface area contributed by atoms with Crippen molar-refractivity contribution in [1.82, 2.24) is 19.5 Å². The van der Waals surface area contributed by atoms with Crippen LogP contribution in [0.25, 0.3) is 11.2 Å². The molecule has 3 rings (SSSR count). The predicted molar refractivity (Wildman–Crippen MR) is 95.6 cm³/mol. The maximum atomic E-state index is 11.9. The van der Waals surface area contributed by atoms with E-state index >= 15 is 0 Å². The van der Waals surface area contributed by atoms with Crippen LogP contribution in [0.4, 0.5) is 0 Å². The molecule has 4 atom stereocenters. The van der Waals surface area contributed by atoms with Crippen LogP contribution in [0.3, 0.4) is 0 Å². The molecule has 0 aromatic carbocycles. The Labute approximate surface area is 157 Å². The van der Waals surface area contributed by atoms with Crippen LogP contribution < -0.4 is 0 Å². The van der Waals surface area contributed by atoms with E-state index in [9.17, 15) is 9.90 Å². The smallest absolute Gasteiger partial charge is 0.313 e. The molecule has 0 spiro atoms. The summed E-state index contributed by atoms with van der Waals surface area (Å²) in [6.45, 7) is 8.79. The summed E-state index contributed by atoms with van der Waals surface area (Å²) >= 11 is 0. The average Bonchev–Trinajstić information content (AvgIpc) is 3.16. The normalized spacial score (nSPS) is 25.9. The molecule has 1 aliphatic rings. The van der Waals surface area contributed by atoms with Gasteiger partial charge in [-0.1, -0.05) is 6.92 Å². The van der Waals surface area contributed by atoms with E-state index in [0.717, 1.165) is 5.69 Å². The standard InChI is InChI=1S/C18H26N4O5/c1-6-11-13(23)14(25-9-26-17(24)18(3,4)5)16(27-11)22-8-21-12-10(2)19-7-20-15(12)22/h7-8,11,13-14,16,23H,6,9H2,1-5H3/t11-,13?,14+,16-/m1/s1. The Bertz CT molecular complexity index is 816. The van der Waals surface area contributed by atoms with Crippen molar-refractivity contribution >= 4 is 17.1 Å². The van der Waals surface area contributed by atoms with Gasteiger partial charge in [-0.05, 0) is 34.1 Å². The molecular weight excluding hydrogens is 352 g/mol. The Balaban J connectivity index is 1.81. The first-order valence-electron chi connectivity index (χ1n) is 9.00. The maximum Gasteiger partial charge on any atom is 0.313 e. The number of rotatable bonds is 5. The monoisotopic (exact) mass is 378 g/mol. The number of aromatic nitrogens is 4. The number of aliphatic hydroxyl groups excluding tert-OH is 1. The van der Waals surface area contributed by atoms with Crippen LogP contribution in [0.1, 0.15) is 46.0 Å². The lowest BCUT2D eigenvalue weighted by Gasteiger charge is -2.23. The van der Waals surface area contributed by atoms with Crippen LogP contribution in [0, 0.1) is 12.3 Å². The summed E-state index contributed by atoms with van der Waals surface area (Å²) in [5.41, 5.74) is 1.38. The number of nitrogens with zero attached hydrogens (tertiary/aromatic N) is 4. The number of carbonyl (C=O) groups is 1. The lowest BCUT2D eigenvalue weighted by Crippen LogP contribution is -2.35. The molecule has 2 aromatic heterocycles. The summed E-state index contributed by atoms with van der Waals surface area (Å²) in [4.78, 5) is 24.7. The molecule has 9 heteroatoms. The Morgan fingerprint density at radius 1 is 1.33 bits per heavy atom. The van der Waals surface area contributed by atoms with Crippen LogP contribution in [-0.2, 0) is 19.0 Å². The van der Waals surface area contributed by atoms with E-state index < -0.39 is 30.0 Å². The molecule has 3 heterocycles. The first-order valence-corrected chi connectivity index (χ1v) is 9.00. The molecule has 1 N–H and O–H groups in total. The number of carbonyl (C=O) groups excluding carboxylic acids is 1. The van der Waals surface area contributed by atoms with E-state index in [2.05, 4.69) is 15.0 Å². The van der Waals surface area contributed by atoms with Crippen LogP contribution >= 0.6 is 0 Å². The van der Waals surface area contributed by atoms with Crippen molar-refractivity contribution in [2.24, 2.45) is 5.41 Å². The largest absolute Gasteiger partial charge is 0.438 e. The molecule has 148 valence electrons. The summed E-state index contributed by atoms with van der Waals surface area (Å²) < 4.78 is 18.6. The SMILES string of the molecule is CC[C@H]1O[C@@H](n2cnc3c(C)ncnc32)[C@@H](OCOC(=O)C(C)(C)C)C1O. The van der Waals surface area contributed by atoms with E-state index in [1.165, 1.54) is 6.33 Å². The van der Waals surface area contributed by atoms with Crippen molar-refractivity contribution < 1.29 is 24.1 Å². The molecule has 1 saturated heterocycles. The highest BCUT2D eigenvalue weighted by Crippen LogP contribution is 2.35. The number of hydrogen-bond donors (Lipinski definition) is 1. The van der Waals surface area contributed by atoms with Crippen LogP contribution in [0.2, 0.25) is 0 Å². The van der Waals surface area contributed by atoms with Crippen LogP contribution in [-0.4, -0.2) is 55.7 Å². The molecule has 0 aliphatic carbocycles. The average molecular weight is 378 g/mol. The molecule has 27 heavy (non-hydrogen) atoms. The number of aliphatic hydroxyl groups is 1. The lowest BCUT2D eigenvalue weighted by atomic mass is 9.98. The van der Waals surface area contributed by atoms with E-state index in [0.29, 0.717) is 17.6 Å². The predicted octanol–water partition coefficient (Wildman–Crippen LogP) is 1.74. The number of imidazole rings is 1. The highest BCUT2D eigenvalue weighted by Gasteiger charge is 2.45. The molecule has 0 radical (unpaired) electrons. The lowest BCUT2D eigenvalue weighted by molar-refractivity contribution is -0.179. The van der Waals surface area contributed by atoms with Crippen LogP contribution in [0.15, 0.2) is 12.7 Å². The minimum atomic E-state index is -0.867. The minimum absolute atomic E-state index is 0.269. The number of aryl methyl sites for hydroxylation is 1. The zero-order valence-electron chi connectivity index (χ0n) is 16.2. The molecule has 1 fully saturated rings. The maximum absolute atomic E-state index is 11.9. The summed E-state index contributed by atoms with van der Waals surface area (Å²) in [6.07, 6.45) is 1.03. The van der Waals surface area contributed by atoms with E-state index in [-0.39, 0.29) is 12.8 Å². The van der Waals surface area contributed by atoms with Gasteiger partial charge in [-0.25, -0.2) is 15.0 Å². The minimum Gasteiger partial charge on any atom is -0.438 e. The number of ether oxygens (including phenoxy) is 3. The topological polar surface area (TPSA) is 109 Å². The van der Waals surface area contributed by atoms with Crippen molar-refractivity contribution in [3.63, 3.8) is 0 Å². The molecule has 9 nitrogen and oxygen atoms in total. The zero-order chi connectivity index (χ0) is 19.8. The van der Waals surface area contributed by atoms with Crippen molar-refractivity contribution in [2.75, 3.05) is 6.79 Å². The molecule has 0 amide bonds. The van der Waals surface area contributed by atoms with Gasteiger partial charge in [0.1, 0.15) is 24.1 Å². The third kappa shape index (κ3) is 3.80. The van der Waals surface area contributed by atoms with E-state index in [1.54, 1.807) is 31.7 Å². The third-order valence-electron chi connectivity index (χ3n) is 4.59. The number of esters is 1. The third-order valence-corrected chi connectivity index (χ3v) is 4.59. The van der Waals surface area contributed by atoms with Crippen LogP contribution in [0.5, 0.6) is 0 Å². The van der Waals surface area contributed by atoms with Crippen molar-refractivity contribution in [3.8, 4) is 0 Å². The van der Waals surface area contributed by atoms with E-state index in [1.807, 2.05) is 13.8 Å². The van der Waals surface area contributed by atoms with Crippen molar-refractivity contribution in [3.05, 3.63) is 18.3 Å². The van der Waals surface area contributed by atoms with Gasteiger partial charge in [0.25, 0.3) is 0 Å². The summed E-state index contributed by atoms with van der Waals surface area (Å²) in [6, 6.07) is 0. The Kier molecular flexibility index (Phi) is 5.45. The fourth-order valence-electron chi connectivity index (χ4n) is 3.00. The Morgan fingerprint density at radius 2 is 2.07 bits per heavy atom. The molecule has 2 aromatic rings. The molecule has 0 bridgehead atoms. The van der Waals surface area contributed by atoms with Gasteiger partial charge in [-0.2, -0.15) is 0 Å². The van der Waals surface area contributed by atoms with Gasteiger partial charge in [0.05, 0.1) is 23.5 Å². The first kappa shape index (κ1) is 19.7. The Hall–Kier alpha value is -2.10. The number of fused-ring (bicyclic) bond motifs is 1. The highest BCUT2D eigenvalue weighted by atomic mass is 16.7. The fourth-order valence-corrected chi connectivity index (χ4v) is 3.00. The summed E-state index contributed by atoms with van der Waals surface area (Å²) in [5, 5.41) is 10.6. The number of hydrogen-bond acceptors (Lipinski definition) is 8. The zero-order valence-corrected chi connectivity index (χ0v) is 16.2. The second kappa shape index (κ2) is 7.49. The quantitative estimate of drug-likeness (QED) is 0.619. The first-order chi connectivity index (χ1) is 12.7. The van der Waals surface area contributed by atoms with Crippen molar-refractivity contribution in [2.45, 2.75) is 65.6 Å². The molecule has 1 aliphatic heterocycles. The second-order valence-corrected chi connectivity index (χ2v) is 7.68. The van der Waals surface area contributed by atoms with Gasteiger partial charge in [-0.15, -0.1) is 0 Å². The fraction of sp³-hybridized carbons (Fsp3) is 0.667. The van der Waals surface area contributed by atoms with Gasteiger partial charge < -0.3 is 19.3 Å².